The second kappa shape index (κ2) is 5.41. The van der Waals surface area contributed by atoms with Crippen LogP contribution in [0.1, 0.15) is 72.1 Å². The minimum Gasteiger partial charge on any atom is -0.328 e. The van der Waals surface area contributed by atoms with E-state index in [9.17, 15) is 0 Å². The quantitative estimate of drug-likeness (QED) is 0.698. The molecule has 1 nitrogen and oxygen atoms in total. The molecule has 7 atom stereocenters. The predicted octanol–water partition coefficient (Wildman–Crippen LogP) is 5.16. The van der Waals surface area contributed by atoms with Gasteiger partial charge in [0.15, 0.2) is 0 Å². The molecule has 0 saturated heterocycles. The topological polar surface area (TPSA) is 26.0 Å². The first-order valence-corrected chi connectivity index (χ1v) is 9.33. The van der Waals surface area contributed by atoms with Crippen molar-refractivity contribution in [2.75, 3.05) is 0 Å². The summed E-state index contributed by atoms with van der Waals surface area (Å²) in [6, 6.07) is 0.476. The third kappa shape index (κ3) is 2.31. The van der Waals surface area contributed by atoms with E-state index in [0.29, 0.717) is 16.9 Å². The standard InChI is InChI=1S/C20H35N/c1-5-17-16-8-7-14-13-15(21)9-12-20(14,4)18(16)10-11-19(17,3)6-2/h6,14-18H,2,5,7-13,21H2,1,3-4H3/t14-,15?,16?,17?,18?,19?,20?/m0/s1. The van der Waals surface area contributed by atoms with Crippen LogP contribution in [0.2, 0.25) is 0 Å². The van der Waals surface area contributed by atoms with Gasteiger partial charge in [-0.1, -0.05) is 33.3 Å². The van der Waals surface area contributed by atoms with Gasteiger partial charge in [-0.05, 0) is 79.4 Å². The Labute approximate surface area is 131 Å². The Bertz CT molecular complexity index is 403. The van der Waals surface area contributed by atoms with Crippen molar-refractivity contribution in [2.24, 2.45) is 40.2 Å². The van der Waals surface area contributed by atoms with Crippen molar-refractivity contribution < 1.29 is 0 Å². The lowest BCUT2D eigenvalue weighted by Gasteiger charge is -2.61. The van der Waals surface area contributed by atoms with Crippen LogP contribution in [0.4, 0.5) is 0 Å². The lowest BCUT2D eigenvalue weighted by Crippen LogP contribution is -2.54. The van der Waals surface area contributed by atoms with E-state index in [2.05, 4.69) is 33.4 Å². The second-order valence-corrected chi connectivity index (χ2v) is 8.85. The summed E-state index contributed by atoms with van der Waals surface area (Å²) in [7, 11) is 0. The Kier molecular flexibility index (Phi) is 4.01. The predicted molar refractivity (Wildman–Crippen MR) is 91.0 cm³/mol. The van der Waals surface area contributed by atoms with Crippen molar-refractivity contribution in [1.82, 2.24) is 0 Å². The Morgan fingerprint density at radius 3 is 2.57 bits per heavy atom. The van der Waals surface area contributed by atoms with Gasteiger partial charge in [-0.3, -0.25) is 0 Å². The Balaban J connectivity index is 1.88. The summed E-state index contributed by atoms with van der Waals surface area (Å²) in [4.78, 5) is 0. The highest BCUT2D eigenvalue weighted by atomic mass is 14.7. The number of allylic oxidation sites excluding steroid dienone is 1. The molecule has 0 aromatic rings. The molecule has 0 bridgehead atoms. The van der Waals surface area contributed by atoms with E-state index in [1.807, 2.05) is 0 Å². The van der Waals surface area contributed by atoms with E-state index < -0.39 is 0 Å². The van der Waals surface area contributed by atoms with E-state index in [-0.39, 0.29) is 0 Å². The SMILES string of the molecule is C=CC1(C)CCC2C(CC[C@H]3CC(N)CCC23C)C1CC. The van der Waals surface area contributed by atoms with Gasteiger partial charge in [-0.2, -0.15) is 0 Å². The smallest absolute Gasteiger partial charge is 0.00418 e. The van der Waals surface area contributed by atoms with Crippen LogP contribution in [0.15, 0.2) is 12.7 Å². The van der Waals surface area contributed by atoms with Crippen LogP contribution in [0, 0.1) is 34.5 Å². The first-order chi connectivity index (χ1) is 9.94. The molecule has 120 valence electrons. The molecule has 0 aromatic heterocycles. The van der Waals surface area contributed by atoms with E-state index in [1.165, 1.54) is 51.4 Å². The molecule has 3 aliphatic carbocycles. The fourth-order valence-electron chi connectivity index (χ4n) is 6.66. The third-order valence-electron chi connectivity index (χ3n) is 8.05. The minimum absolute atomic E-state index is 0.379. The molecular weight excluding hydrogens is 254 g/mol. The number of nitrogens with two attached hydrogens (primary N) is 1. The molecular formula is C20H35N. The summed E-state index contributed by atoms with van der Waals surface area (Å²) in [5.41, 5.74) is 7.23. The van der Waals surface area contributed by atoms with Crippen molar-refractivity contribution in [1.29, 1.82) is 0 Å². The molecule has 0 spiro atoms. The molecule has 0 aromatic carbocycles. The number of hydrogen-bond acceptors (Lipinski definition) is 1. The zero-order chi connectivity index (χ0) is 15.3. The van der Waals surface area contributed by atoms with Crippen molar-refractivity contribution in [3.63, 3.8) is 0 Å². The summed E-state index contributed by atoms with van der Waals surface area (Å²) in [5, 5.41) is 0. The number of rotatable bonds is 2. The lowest BCUT2D eigenvalue weighted by atomic mass is 9.44. The Hall–Kier alpha value is -0.300. The van der Waals surface area contributed by atoms with Gasteiger partial charge in [0.25, 0.3) is 0 Å². The summed E-state index contributed by atoms with van der Waals surface area (Å²) < 4.78 is 0. The van der Waals surface area contributed by atoms with Gasteiger partial charge in [-0.15, -0.1) is 6.58 Å². The van der Waals surface area contributed by atoms with Crippen LogP contribution in [0.3, 0.4) is 0 Å². The Morgan fingerprint density at radius 1 is 1.14 bits per heavy atom. The average Bonchev–Trinajstić information content (AvgIpc) is 2.47. The maximum Gasteiger partial charge on any atom is 0.00418 e. The lowest BCUT2D eigenvalue weighted by molar-refractivity contribution is -0.104. The fourth-order valence-corrected chi connectivity index (χ4v) is 6.66. The molecule has 0 aliphatic heterocycles. The van der Waals surface area contributed by atoms with Gasteiger partial charge in [0.2, 0.25) is 0 Å². The number of hydrogen-bond donors (Lipinski definition) is 1. The zero-order valence-corrected chi connectivity index (χ0v) is 14.4. The van der Waals surface area contributed by atoms with E-state index in [0.717, 1.165) is 23.7 Å². The largest absolute Gasteiger partial charge is 0.328 e. The van der Waals surface area contributed by atoms with Gasteiger partial charge in [-0.25, -0.2) is 0 Å². The monoisotopic (exact) mass is 289 g/mol. The average molecular weight is 290 g/mol. The first-order valence-electron chi connectivity index (χ1n) is 9.33. The highest BCUT2D eigenvalue weighted by molar-refractivity contribution is 5.09. The van der Waals surface area contributed by atoms with Crippen LogP contribution in [-0.4, -0.2) is 6.04 Å². The van der Waals surface area contributed by atoms with Crippen LogP contribution in [0.25, 0.3) is 0 Å². The van der Waals surface area contributed by atoms with E-state index in [4.69, 9.17) is 5.73 Å². The van der Waals surface area contributed by atoms with Gasteiger partial charge >= 0.3 is 0 Å². The molecule has 3 fully saturated rings. The van der Waals surface area contributed by atoms with Gasteiger partial charge in [0, 0.05) is 6.04 Å². The molecule has 0 radical (unpaired) electrons. The molecule has 2 N–H and O–H groups in total. The van der Waals surface area contributed by atoms with Crippen molar-refractivity contribution in [2.45, 2.75) is 78.2 Å². The third-order valence-corrected chi connectivity index (χ3v) is 8.05. The molecule has 3 aliphatic rings. The molecule has 6 unspecified atom stereocenters. The highest BCUT2D eigenvalue weighted by Crippen LogP contribution is 2.63. The van der Waals surface area contributed by atoms with Crippen molar-refractivity contribution in [3.05, 3.63) is 12.7 Å². The summed E-state index contributed by atoms with van der Waals surface area (Å²) in [6.45, 7) is 11.7. The van der Waals surface area contributed by atoms with Gasteiger partial charge < -0.3 is 5.73 Å². The summed E-state index contributed by atoms with van der Waals surface area (Å²) in [6.07, 6.45) is 13.2. The highest BCUT2D eigenvalue weighted by Gasteiger charge is 2.55. The Morgan fingerprint density at radius 2 is 1.90 bits per heavy atom. The molecule has 0 heterocycles. The van der Waals surface area contributed by atoms with Crippen molar-refractivity contribution in [3.8, 4) is 0 Å². The van der Waals surface area contributed by atoms with E-state index >= 15 is 0 Å². The van der Waals surface area contributed by atoms with Gasteiger partial charge in [0.05, 0.1) is 0 Å². The zero-order valence-electron chi connectivity index (χ0n) is 14.4. The van der Waals surface area contributed by atoms with E-state index in [1.54, 1.807) is 0 Å². The minimum atomic E-state index is 0.379. The maximum atomic E-state index is 6.27. The molecule has 3 rings (SSSR count). The summed E-state index contributed by atoms with van der Waals surface area (Å²) >= 11 is 0. The van der Waals surface area contributed by atoms with Crippen molar-refractivity contribution >= 4 is 0 Å². The van der Waals surface area contributed by atoms with Crippen LogP contribution in [-0.2, 0) is 0 Å². The molecule has 21 heavy (non-hydrogen) atoms. The van der Waals surface area contributed by atoms with Crippen LogP contribution >= 0.6 is 0 Å². The second-order valence-electron chi connectivity index (χ2n) is 8.85. The maximum absolute atomic E-state index is 6.27. The molecule has 1 heteroatoms. The number of fused-ring (bicyclic) bond motifs is 3. The fraction of sp³-hybridized carbons (Fsp3) is 0.900. The molecule has 3 saturated carbocycles. The van der Waals surface area contributed by atoms with Gasteiger partial charge in [0.1, 0.15) is 0 Å². The van der Waals surface area contributed by atoms with Crippen LogP contribution in [0.5, 0.6) is 0 Å². The first kappa shape index (κ1) is 15.6. The summed E-state index contributed by atoms with van der Waals surface area (Å²) in [5.74, 6) is 3.62. The van der Waals surface area contributed by atoms with Crippen LogP contribution < -0.4 is 5.73 Å². The molecule has 0 amide bonds. The normalized spacial score (nSPS) is 53.6.